The fraction of sp³-hybridized carbons (Fsp3) is 0.350. The van der Waals surface area contributed by atoms with Crippen LogP contribution in [-0.4, -0.2) is 23.1 Å². The van der Waals surface area contributed by atoms with E-state index in [0.717, 1.165) is 23.6 Å². The van der Waals surface area contributed by atoms with Crippen molar-refractivity contribution in [3.05, 3.63) is 53.8 Å². The van der Waals surface area contributed by atoms with Crippen molar-refractivity contribution < 1.29 is 8.60 Å². The van der Waals surface area contributed by atoms with Gasteiger partial charge in [-0.05, 0) is 50.2 Å². The van der Waals surface area contributed by atoms with Crippen molar-refractivity contribution in [2.24, 2.45) is 16.7 Å². The van der Waals surface area contributed by atoms with E-state index in [1.165, 1.54) is 31.4 Å². The summed E-state index contributed by atoms with van der Waals surface area (Å²) in [5, 5.41) is 8.60. The first kappa shape index (κ1) is 21.2. The van der Waals surface area contributed by atoms with Crippen LogP contribution in [-0.2, 0) is 11.0 Å². The topological polar surface area (TPSA) is 109 Å². The van der Waals surface area contributed by atoms with Gasteiger partial charge in [0.05, 0.1) is 4.90 Å². The van der Waals surface area contributed by atoms with Crippen molar-refractivity contribution >= 4 is 28.2 Å². The highest BCUT2D eigenvalue weighted by atomic mass is 32.2. The molecule has 0 aromatic heterocycles. The van der Waals surface area contributed by atoms with Crippen LogP contribution in [0, 0.1) is 5.82 Å². The molecule has 0 amide bonds. The Bertz CT molecular complexity index is 900. The molecule has 0 spiro atoms. The second-order valence-corrected chi connectivity index (χ2v) is 8.36. The van der Waals surface area contributed by atoms with Gasteiger partial charge in [0.15, 0.2) is 5.84 Å². The van der Waals surface area contributed by atoms with Gasteiger partial charge >= 0.3 is 0 Å². The minimum absolute atomic E-state index is 0.101. The molecule has 9 heteroatoms. The lowest BCUT2D eigenvalue weighted by atomic mass is 9.95. The van der Waals surface area contributed by atoms with Crippen molar-refractivity contribution in [3.63, 3.8) is 0 Å². The molecule has 1 atom stereocenters. The normalized spacial score (nSPS) is 16.4. The van der Waals surface area contributed by atoms with Gasteiger partial charge in [-0.1, -0.05) is 31.4 Å². The first-order valence-electron chi connectivity index (χ1n) is 9.63. The molecule has 29 heavy (non-hydrogen) atoms. The summed E-state index contributed by atoms with van der Waals surface area (Å²) in [5.41, 5.74) is 7.71. The van der Waals surface area contributed by atoms with Crippen LogP contribution in [0.4, 0.5) is 15.8 Å². The van der Waals surface area contributed by atoms with Crippen LogP contribution in [0.1, 0.15) is 37.7 Å². The van der Waals surface area contributed by atoms with Crippen LogP contribution in [0.2, 0.25) is 0 Å². The molecule has 0 saturated heterocycles. The summed E-state index contributed by atoms with van der Waals surface area (Å²) in [5.74, 6) is 5.52. The molecule has 7 nitrogen and oxygen atoms in total. The van der Waals surface area contributed by atoms with Crippen molar-refractivity contribution in [2.75, 3.05) is 17.5 Å². The Labute approximate surface area is 172 Å². The average molecular weight is 419 g/mol. The second-order valence-electron chi connectivity index (χ2n) is 6.94. The fourth-order valence-electron chi connectivity index (χ4n) is 3.42. The molecule has 0 bridgehead atoms. The lowest BCUT2D eigenvalue weighted by molar-refractivity contribution is 0.462. The van der Waals surface area contributed by atoms with Crippen LogP contribution in [0.15, 0.2) is 52.5 Å². The molecule has 1 fully saturated rings. The zero-order chi connectivity index (χ0) is 20.8. The van der Waals surface area contributed by atoms with E-state index < -0.39 is 16.8 Å². The van der Waals surface area contributed by atoms with Crippen molar-refractivity contribution in [3.8, 4) is 0 Å². The molecule has 2 aromatic carbocycles. The van der Waals surface area contributed by atoms with E-state index in [1.807, 2.05) is 6.07 Å². The Kier molecular flexibility index (Phi) is 7.18. The summed E-state index contributed by atoms with van der Waals surface area (Å²) in [4.78, 5) is 0.560. The van der Waals surface area contributed by atoms with Crippen molar-refractivity contribution in [1.82, 2.24) is 4.72 Å². The number of hydrazine groups is 1. The molecule has 1 unspecified atom stereocenters. The quantitative estimate of drug-likeness (QED) is 0.239. The van der Waals surface area contributed by atoms with E-state index >= 15 is 0 Å². The summed E-state index contributed by atoms with van der Waals surface area (Å²) in [6.07, 6.45) is 5.78. The highest BCUT2D eigenvalue weighted by molar-refractivity contribution is 7.83. The zero-order valence-corrected chi connectivity index (χ0v) is 17.2. The molecule has 1 aliphatic carbocycles. The molecule has 3 rings (SSSR count). The average Bonchev–Trinajstić information content (AvgIpc) is 2.74. The second kappa shape index (κ2) is 9.82. The van der Waals surface area contributed by atoms with Crippen LogP contribution < -0.4 is 26.7 Å². The Hall–Kier alpha value is -2.49. The van der Waals surface area contributed by atoms with Gasteiger partial charge in [-0.25, -0.2) is 19.2 Å². The lowest BCUT2D eigenvalue weighted by Crippen LogP contribution is -2.31. The minimum Gasteiger partial charge on any atom is -0.382 e. The monoisotopic (exact) mass is 418 g/mol. The van der Waals surface area contributed by atoms with Gasteiger partial charge in [-0.3, -0.25) is 0 Å². The molecule has 2 aromatic rings. The maximum absolute atomic E-state index is 14.0. The summed E-state index contributed by atoms with van der Waals surface area (Å²) in [6.45, 7) is 0. The third kappa shape index (κ3) is 5.31. The number of halogens is 1. The largest absolute Gasteiger partial charge is 0.382 e. The third-order valence-corrected chi connectivity index (χ3v) is 6.00. The Morgan fingerprint density at radius 2 is 1.93 bits per heavy atom. The SMILES string of the molecule is CNS(=O)c1ccc(NC2CCCCC2)c(/C(N)=N/N(N)c2ccccc2F)c1. The van der Waals surface area contributed by atoms with Gasteiger partial charge in [-0.2, -0.15) is 5.12 Å². The van der Waals surface area contributed by atoms with E-state index in [9.17, 15) is 8.60 Å². The van der Waals surface area contributed by atoms with Crippen molar-refractivity contribution in [1.29, 1.82) is 0 Å². The van der Waals surface area contributed by atoms with Gasteiger partial charge in [0.2, 0.25) is 0 Å². The zero-order valence-electron chi connectivity index (χ0n) is 16.4. The van der Waals surface area contributed by atoms with Crippen LogP contribution >= 0.6 is 0 Å². The Morgan fingerprint density at radius 1 is 1.21 bits per heavy atom. The standard InChI is InChI=1S/C20H27FN6OS/c1-24-29(28)15-11-12-18(25-14-7-3-2-4-8-14)16(13-15)20(22)26-27(23)19-10-6-5-9-17(19)21/h5-6,9-14,24-25H,2-4,7-8,23H2,1H3,(H2,22,26). The number of nitrogens with two attached hydrogens (primary N) is 2. The van der Waals surface area contributed by atoms with E-state index in [1.54, 1.807) is 31.3 Å². The predicted molar refractivity (Wildman–Crippen MR) is 116 cm³/mol. The van der Waals surface area contributed by atoms with Gasteiger partial charge in [0.1, 0.15) is 22.5 Å². The number of hydrogen-bond donors (Lipinski definition) is 4. The van der Waals surface area contributed by atoms with Crippen LogP contribution in [0.3, 0.4) is 0 Å². The predicted octanol–water partition coefficient (Wildman–Crippen LogP) is 2.81. The highest BCUT2D eigenvalue weighted by Gasteiger charge is 2.18. The number of nitrogens with zero attached hydrogens (tertiary/aromatic N) is 2. The maximum Gasteiger partial charge on any atom is 0.154 e. The van der Waals surface area contributed by atoms with Gasteiger partial charge < -0.3 is 11.1 Å². The summed E-state index contributed by atoms with van der Waals surface area (Å²) < 4.78 is 28.9. The molecular formula is C20H27FN6OS. The number of rotatable bonds is 7. The minimum atomic E-state index is -1.38. The first-order chi connectivity index (χ1) is 14.0. The molecule has 0 radical (unpaired) electrons. The highest BCUT2D eigenvalue weighted by Crippen LogP contribution is 2.26. The van der Waals surface area contributed by atoms with Crippen LogP contribution in [0.5, 0.6) is 0 Å². The van der Waals surface area contributed by atoms with E-state index in [0.29, 0.717) is 16.5 Å². The molecular weight excluding hydrogens is 391 g/mol. The number of para-hydroxylation sites is 1. The molecule has 0 aliphatic heterocycles. The van der Waals surface area contributed by atoms with Gasteiger partial charge in [0, 0.05) is 17.3 Å². The molecule has 1 saturated carbocycles. The summed E-state index contributed by atoms with van der Waals surface area (Å²) >= 11 is 0. The first-order valence-corrected chi connectivity index (χ1v) is 10.8. The van der Waals surface area contributed by atoms with E-state index in [2.05, 4.69) is 15.1 Å². The third-order valence-electron chi connectivity index (χ3n) is 4.95. The number of hydrazone groups is 1. The van der Waals surface area contributed by atoms with Crippen LogP contribution in [0.25, 0.3) is 0 Å². The number of hydrogen-bond acceptors (Lipinski definition) is 5. The molecule has 0 heterocycles. The number of benzene rings is 2. The Morgan fingerprint density at radius 3 is 2.62 bits per heavy atom. The fourth-order valence-corrected chi connectivity index (χ4v) is 4.07. The molecule has 156 valence electrons. The lowest BCUT2D eigenvalue weighted by Gasteiger charge is -2.25. The number of anilines is 2. The van der Waals surface area contributed by atoms with E-state index in [-0.39, 0.29) is 11.5 Å². The maximum atomic E-state index is 14.0. The summed E-state index contributed by atoms with van der Waals surface area (Å²) in [7, 11) is 0.235. The van der Waals surface area contributed by atoms with Gasteiger partial charge in [-0.15, -0.1) is 5.10 Å². The summed E-state index contributed by atoms with van der Waals surface area (Å²) in [6, 6.07) is 11.7. The molecule has 6 N–H and O–H groups in total. The van der Waals surface area contributed by atoms with E-state index in [4.69, 9.17) is 11.6 Å². The Balaban J connectivity index is 1.94. The molecule has 1 aliphatic rings. The smallest absolute Gasteiger partial charge is 0.154 e. The number of nitrogens with one attached hydrogen (secondary N) is 2. The number of amidine groups is 1. The van der Waals surface area contributed by atoms with Crippen molar-refractivity contribution in [2.45, 2.75) is 43.0 Å². The van der Waals surface area contributed by atoms with Gasteiger partial charge in [0.25, 0.3) is 0 Å².